The van der Waals surface area contributed by atoms with Gasteiger partial charge >= 0.3 is 0 Å². The molecule has 0 radical (unpaired) electrons. The molecular weight excluding hydrogens is 181 g/mol. The Morgan fingerprint density at radius 1 is 1.21 bits per heavy atom. The van der Waals surface area contributed by atoms with Gasteiger partial charge in [0.05, 0.1) is 0 Å². The third-order valence-corrected chi connectivity index (χ3v) is 2.60. The Labute approximate surface area is 82.9 Å². The van der Waals surface area contributed by atoms with Crippen LogP contribution >= 0.6 is 0 Å². The first-order chi connectivity index (χ1) is 6.75. The number of halogens is 1. The van der Waals surface area contributed by atoms with Gasteiger partial charge in [0.2, 0.25) is 0 Å². The molecule has 0 aromatic heterocycles. The molecule has 1 aromatic carbocycles. The summed E-state index contributed by atoms with van der Waals surface area (Å²) in [5.74, 6) is 0.460. The van der Waals surface area contributed by atoms with Gasteiger partial charge in [-0.2, -0.15) is 0 Å². The van der Waals surface area contributed by atoms with Crippen molar-refractivity contribution in [3.05, 3.63) is 30.1 Å². The first-order valence-corrected chi connectivity index (χ1v) is 4.93. The number of hydrogen-bond acceptors (Lipinski definition) is 2. The van der Waals surface area contributed by atoms with E-state index in [1.165, 1.54) is 12.1 Å². The number of ether oxygens (including phenoxy) is 1. The standard InChI is InChI=1S/C11H14FNO/c12-8-4-6-9(7-5-8)14-11-3-1-2-10(11)13/h4-7,10-11H,1-3,13H2/t10-,11-/m1/s1. The molecular formula is C11H14FNO. The number of nitrogens with two attached hydrogens (primary N) is 1. The average molecular weight is 195 g/mol. The molecule has 0 spiro atoms. The number of rotatable bonds is 2. The lowest BCUT2D eigenvalue weighted by molar-refractivity contribution is 0.191. The van der Waals surface area contributed by atoms with Crippen LogP contribution in [0.5, 0.6) is 5.75 Å². The van der Waals surface area contributed by atoms with Gasteiger partial charge in [0.25, 0.3) is 0 Å². The van der Waals surface area contributed by atoms with Crippen molar-refractivity contribution in [2.45, 2.75) is 31.4 Å². The molecule has 0 unspecified atom stereocenters. The first-order valence-electron chi connectivity index (χ1n) is 4.93. The molecule has 2 rings (SSSR count). The van der Waals surface area contributed by atoms with Gasteiger partial charge < -0.3 is 10.5 Å². The zero-order chi connectivity index (χ0) is 9.97. The Morgan fingerprint density at radius 2 is 1.93 bits per heavy atom. The van der Waals surface area contributed by atoms with Crippen molar-refractivity contribution in [2.24, 2.45) is 5.73 Å². The van der Waals surface area contributed by atoms with Crippen molar-refractivity contribution in [1.29, 1.82) is 0 Å². The molecule has 0 saturated heterocycles. The minimum atomic E-state index is -0.243. The highest BCUT2D eigenvalue weighted by atomic mass is 19.1. The van der Waals surface area contributed by atoms with Crippen LogP contribution in [0, 0.1) is 5.82 Å². The lowest BCUT2D eigenvalue weighted by atomic mass is 10.2. The topological polar surface area (TPSA) is 35.2 Å². The van der Waals surface area contributed by atoms with Crippen molar-refractivity contribution < 1.29 is 9.13 Å². The summed E-state index contributed by atoms with van der Waals surface area (Å²) in [5.41, 5.74) is 5.86. The summed E-state index contributed by atoms with van der Waals surface area (Å²) in [6.07, 6.45) is 3.23. The van der Waals surface area contributed by atoms with Crippen LogP contribution in [0.25, 0.3) is 0 Å². The smallest absolute Gasteiger partial charge is 0.123 e. The predicted molar refractivity (Wildman–Crippen MR) is 52.6 cm³/mol. The van der Waals surface area contributed by atoms with Crippen LogP contribution in [0.1, 0.15) is 19.3 Å². The monoisotopic (exact) mass is 195 g/mol. The van der Waals surface area contributed by atoms with Crippen LogP contribution in [0.3, 0.4) is 0 Å². The van der Waals surface area contributed by atoms with E-state index in [4.69, 9.17) is 10.5 Å². The summed E-state index contributed by atoms with van der Waals surface area (Å²) in [6.45, 7) is 0. The van der Waals surface area contributed by atoms with E-state index < -0.39 is 0 Å². The maximum absolute atomic E-state index is 12.6. The van der Waals surface area contributed by atoms with Gasteiger partial charge in [-0.3, -0.25) is 0 Å². The van der Waals surface area contributed by atoms with Crippen LogP contribution in [0.15, 0.2) is 24.3 Å². The second-order valence-corrected chi connectivity index (χ2v) is 3.70. The molecule has 2 nitrogen and oxygen atoms in total. The molecule has 0 amide bonds. The zero-order valence-electron chi connectivity index (χ0n) is 7.95. The summed E-state index contributed by atoms with van der Waals surface area (Å²) < 4.78 is 18.2. The second kappa shape index (κ2) is 3.96. The van der Waals surface area contributed by atoms with E-state index in [1.54, 1.807) is 12.1 Å². The molecule has 1 saturated carbocycles. The van der Waals surface area contributed by atoms with Gasteiger partial charge in [-0.05, 0) is 43.5 Å². The van der Waals surface area contributed by atoms with Crippen LogP contribution in [0.4, 0.5) is 4.39 Å². The van der Waals surface area contributed by atoms with Crippen LogP contribution in [-0.4, -0.2) is 12.1 Å². The first kappa shape index (κ1) is 9.46. The predicted octanol–water partition coefficient (Wildman–Crippen LogP) is 2.08. The van der Waals surface area contributed by atoms with Crippen molar-refractivity contribution in [2.75, 3.05) is 0 Å². The Hall–Kier alpha value is -1.09. The average Bonchev–Trinajstić information content (AvgIpc) is 2.56. The summed E-state index contributed by atoms with van der Waals surface area (Å²) >= 11 is 0. The van der Waals surface area contributed by atoms with E-state index in [9.17, 15) is 4.39 Å². The minimum absolute atomic E-state index is 0.0976. The summed E-state index contributed by atoms with van der Waals surface area (Å²) in [5, 5.41) is 0. The Balaban J connectivity index is 2.00. The summed E-state index contributed by atoms with van der Waals surface area (Å²) in [7, 11) is 0. The highest BCUT2D eigenvalue weighted by Crippen LogP contribution is 2.23. The van der Waals surface area contributed by atoms with E-state index >= 15 is 0 Å². The second-order valence-electron chi connectivity index (χ2n) is 3.70. The number of hydrogen-bond donors (Lipinski definition) is 1. The molecule has 0 heterocycles. The third-order valence-electron chi connectivity index (χ3n) is 2.60. The normalized spacial score (nSPS) is 26.4. The number of benzene rings is 1. The lowest BCUT2D eigenvalue weighted by Crippen LogP contribution is -2.33. The van der Waals surface area contributed by atoms with E-state index in [-0.39, 0.29) is 18.0 Å². The zero-order valence-corrected chi connectivity index (χ0v) is 7.95. The Morgan fingerprint density at radius 3 is 2.50 bits per heavy atom. The fourth-order valence-corrected chi connectivity index (χ4v) is 1.79. The van der Waals surface area contributed by atoms with E-state index in [0.29, 0.717) is 5.75 Å². The highest BCUT2D eigenvalue weighted by Gasteiger charge is 2.25. The molecule has 2 N–H and O–H groups in total. The summed E-state index contributed by atoms with van der Waals surface area (Å²) in [4.78, 5) is 0. The van der Waals surface area contributed by atoms with Crippen molar-refractivity contribution in [3.63, 3.8) is 0 Å². The van der Waals surface area contributed by atoms with Gasteiger partial charge in [0.15, 0.2) is 0 Å². The molecule has 1 fully saturated rings. The molecule has 0 aliphatic heterocycles. The Bertz CT molecular complexity index is 299. The quantitative estimate of drug-likeness (QED) is 0.784. The summed E-state index contributed by atoms with van der Waals surface area (Å²) in [6, 6.07) is 6.20. The van der Waals surface area contributed by atoms with E-state index in [1.807, 2.05) is 0 Å². The van der Waals surface area contributed by atoms with Crippen LogP contribution in [0.2, 0.25) is 0 Å². The SMILES string of the molecule is N[C@@H]1CCC[C@H]1Oc1ccc(F)cc1. The molecule has 2 atom stereocenters. The molecule has 76 valence electrons. The van der Waals surface area contributed by atoms with Gasteiger partial charge in [-0.1, -0.05) is 0 Å². The molecule has 3 heteroatoms. The van der Waals surface area contributed by atoms with Crippen LogP contribution in [-0.2, 0) is 0 Å². The molecule has 14 heavy (non-hydrogen) atoms. The molecule has 1 aliphatic rings. The van der Waals surface area contributed by atoms with Crippen molar-refractivity contribution in [3.8, 4) is 5.75 Å². The van der Waals surface area contributed by atoms with Gasteiger partial charge in [-0.25, -0.2) is 4.39 Å². The van der Waals surface area contributed by atoms with Crippen molar-refractivity contribution >= 4 is 0 Å². The fourth-order valence-electron chi connectivity index (χ4n) is 1.79. The molecule has 1 aromatic rings. The maximum atomic E-state index is 12.6. The molecule has 1 aliphatic carbocycles. The van der Waals surface area contributed by atoms with Crippen molar-refractivity contribution in [1.82, 2.24) is 0 Å². The molecule has 0 bridgehead atoms. The Kier molecular flexibility index (Phi) is 2.68. The van der Waals surface area contributed by atoms with E-state index in [0.717, 1.165) is 19.3 Å². The van der Waals surface area contributed by atoms with E-state index in [2.05, 4.69) is 0 Å². The maximum Gasteiger partial charge on any atom is 0.123 e. The van der Waals surface area contributed by atoms with Gasteiger partial charge in [0, 0.05) is 6.04 Å². The highest BCUT2D eigenvalue weighted by molar-refractivity contribution is 5.22. The minimum Gasteiger partial charge on any atom is -0.489 e. The van der Waals surface area contributed by atoms with Gasteiger partial charge in [0.1, 0.15) is 17.7 Å². The fraction of sp³-hybridized carbons (Fsp3) is 0.455. The lowest BCUT2D eigenvalue weighted by Gasteiger charge is -2.17. The third kappa shape index (κ3) is 2.04. The van der Waals surface area contributed by atoms with Gasteiger partial charge in [-0.15, -0.1) is 0 Å². The van der Waals surface area contributed by atoms with Crippen LogP contribution < -0.4 is 10.5 Å². The largest absolute Gasteiger partial charge is 0.489 e.